The zero-order chi connectivity index (χ0) is 18.2. The molecule has 2 aromatic rings. The monoisotopic (exact) mass is 345 g/mol. The molecule has 0 saturated heterocycles. The Hall–Kier alpha value is -3.42. The van der Waals surface area contributed by atoms with Gasteiger partial charge in [-0.1, -0.05) is 12.1 Å². The highest BCUT2D eigenvalue weighted by atomic mass is 19.1. The normalized spacial score (nSPS) is 10.5. The topological polar surface area (TPSA) is 100 Å². The molecular formula is C17H16FN3O4. The smallest absolute Gasteiger partial charge is 0.249 e. The van der Waals surface area contributed by atoms with E-state index in [-0.39, 0.29) is 17.2 Å². The number of phenols is 1. The summed E-state index contributed by atoms with van der Waals surface area (Å²) in [6, 6.07) is 10.2. The van der Waals surface area contributed by atoms with Gasteiger partial charge in [-0.3, -0.25) is 9.59 Å². The van der Waals surface area contributed by atoms with Crippen LogP contribution in [0.5, 0.6) is 11.5 Å². The standard InChI is InChI=1S/C17H16FN3O4/c1-25-15-8-11(6-7-14(15)22)10-19-21-17(24)9-16(23)20-13-5-3-2-4-12(13)18/h2-8,10,22H,9H2,1H3,(H,20,23)(H,21,24). The molecule has 0 unspecified atom stereocenters. The number of aromatic hydroxyl groups is 1. The molecule has 0 bridgehead atoms. The van der Waals surface area contributed by atoms with Crippen LogP contribution in [0, 0.1) is 5.82 Å². The zero-order valence-electron chi connectivity index (χ0n) is 13.3. The van der Waals surface area contributed by atoms with E-state index < -0.39 is 24.1 Å². The number of methoxy groups -OCH3 is 1. The minimum absolute atomic E-state index is 0.00000967. The Bertz CT molecular complexity index is 808. The number of benzene rings is 2. The van der Waals surface area contributed by atoms with Crippen molar-refractivity contribution in [1.29, 1.82) is 0 Å². The third-order valence-electron chi connectivity index (χ3n) is 3.08. The van der Waals surface area contributed by atoms with Gasteiger partial charge in [0.2, 0.25) is 11.8 Å². The first kappa shape index (κ1) is 17.9. The molecule has 2 rings (SSSR count). The van der Waals surface area contributed by atoms with Gasteiger partial charge in [-0.2, -0.15) is 5.10 Å². The fourth-order valence-electron chi connectivity index (χ4n) is 1.90. The number of halogens is 1. The minimum Gasteiger partial charge on any atom is -0.504 e. The predicted octanol–water partition coefficient (Wildman–Crippen LogP) is 2.02. The molecule has 0 saturated carbocycles. The Kier molecular flexibility index (Phi) is 6.05. The molecule has 0 spiro atoms. The number of hydrogen-bond donors (Lipinski definition) is 3. The van der Waals surface area contributed by atoms with Gasteiger partial charge < -0.3 is 15.2 Å². The van der Waals surface area contributed by atoms with Crippen molar-refractivity contribution in [3.05, 3.63) is 53.8 Å². The zero-order valence-corrected chi connectivity index (χ0v) is 13.3. The molecule has 0 aliphatic rings. The lowest BCUT2D eigenvalue weighted by Crippen LogP contribution is -2.24. The molecule has 0 atom stereocenters. The van der Waals surface area contributed by atoms with Crippen LogP contribution in [0.1, 0.15) is 12.0 Å². The van der Waals surface area contributed by atoms with Crippen LogP contribution >= 0.6 is 0 Å². The summed E-state index contributed by atoms with van der Waals surface area (Å²) in [5.41, 5.74) is 2.76. The Balaban J connectivity index is 1.86. The van der Waals surface area contributed by atoms with Crippen molar-refractivity contribution in [2.45, 2.75) is 6.42 Å². The number of anilines is 1. The number of para-hydroxylation sites is 1. The second kappa shape index (κ2) is 8.44. The minimum atomic E-state index is -0.663. The lowest BCUT2D eigenvalue weighted by Gasteiger charge is -2.05. The van der Waals surface area contributed by atoms with Gasteiger partial charge in [0.1, 0.15) is 12.2 Å². The number of phenolic OH excluding ortho intramolecular Hbond substituents is 1. The number of nitrogens with one attached hydrogen (secondary N) is 2. The molecular weight excluding hydrogens is 329 g/mol. The van der Waals surface area contributed by atoms with Gasteiger partial charge >= 0.3 is 0 Å². The van der Waals surface area contributed by atoms with Crippen LogP contribution in [0.4, 0.5) is 10.1 Å². The molecule has 0 radical (unpaired) electrons. The molecule has 0 fully saturated rings. The van der Waals surface area contributed by atoms with Gasteiger partial charge in [-0.15, -0.1) is 0 Å². The first-order valence-corrected chi connectivity index (χ1v) is 7.23. The number of carbonyl (C=O) groups is 2. The maximum Gasteiger partial charge on any atom is 0.249 e. The first-order chi connectivity index (χ1) is 12.0. The number of ether oxygens (including phenoxy) is 1. The number of hydrogen-bond acceptors (Lipinski definition) is 5. The molecule has 0 aliphatic heterocycles. The maximum absolute atomic E-state index is 13.4. The highest BCUT2D eigenvalue weighted by molar-refractivity contribution is 6.03. The van der Waals surface area contributed by atoms with Crippen molar-refractivity contribution in [3.8, 4) is 11.5 Å². The first-order valence-electron chi connectivity index (χ1n) is 7.23. The van der Waals surface area contributed by atoms with Crippen molar-refractivity contribution in [2.24, 2.45) is 5.10 Å². The van der Waals surface area contributed by atoms with Crippen LogP contribution in [0.3, 0.4) is 0 Å². The van der Waals surface area contributed by atoms with Crippen LogP contribution in [0.2, 0.25) is 0 Å². The molecule has 130 valence electrons. The van der Waals surface area contributed by atoms with Gasteiger partial charge in [0.25, 0.3) is 0 Å². The Morgan fingerprint density at radius 2 is 2.00 bits per heavy atom. The van der Waals surface area contributed by atoms with Gasteiger partial charge in [0.05, 0.1) is 19.0 Å². The molecule has 25 heavy (non-hydrogen) atoms. The lowest BCUT2D eigenvalue weighted by atomic mass is 10.2. The average molecular weight is 345 g/mol. The summed E-state index contributed by atoms with van der Waals surface area (Å²) in [5, 5.41) is 15.5. The molecule has 2 amide bonds. The quantitative estimate of drug-likeness (QED) is 0.424. The summed E-state index contributed by atoms with van der Waals surface area (Å²) in [5.74, 6) is -1.66. The summed E-state index contributed by atoms with van der Waals surface area (Å²) in [6.45, 7) is 0. The van der Waals surface area contributed by atoms with Crippen molar-refractivity contribution < 1.29 is 23.8 Å². The van der Waals surface area contributed by atoms with Crippen molar-refractivity contribution >= 4 is 23.7 Å². The summed E-state index contributed by atoms with van der Waals surface area (Å²) >= 11 is 0. The highest BCUT2D eigenvalue weighted by Gasteiger charge is 2.11. The maximum atomic E-state index is 13.4. The van der Waals surface area contributed by atoms with Crippen molar-refractivity contribution in [2.75, 3.05) is 12.4 Å². The van der Waals surface area contributed by atoms with E-state index in [1.807, 2.05) is 0 Å². The summed E-state index contributed by atoms with van der Waals surface area (Å²) in [4.78, 5) is 23.3. The number of nitrogens with zero attached hydrogens (tertiary/aromatic N) is 1. The van der Waals surface area contributed by atoms with Crippen LogP contribution in [0.25, 0.3) is 0 Å². The lowest BCUT2D eigenvalue weighted by molar-refractivity contribution is -0.126. The van der Waals surface area contributed by atoms with E-state index in [9.17, 15) is 19.1 Å². The molecule has 7 nitrogen and oxygen atoms in total. The van der Waals surface area contributed by atoms with E-state index in [0.29, 0.717) is 5.56 Å². The van der Waals surface area contributed by atoms with Gasteiger partial charge in [0, 0.05) is 0 Å². The number of hydrazone groups is 1. The fraction of sp³-hybridized carbons (Fsp3) is 0.118. The second-order valence-electron chi connectivity index (χ2n) is 4.93. The second-order valence-corrected chi connectivity index (χ2v) is 4.93. The Labute approximate surface area is 143 Å². The van der Waals surface area contributed by atoms with E-state index in [0.717, 1.165) is 0 Å². The Morgan fingerprint density at radius 3 is 2.72 bits per heavy atom. The van der Waals surface area contributed by atoms with Crippen LogP contribution < -0.4 is 15.5 Å². The van der Waals surface area contributed by atoms with Gasteiger partial charge in [0.15, 0.2) is 11.5 Å². The van der Waals surface area contributed by atoms with Crippen LogP contribution in [-0.2, 0) is 9.59 Å². The number of amides is 2. The van der Waals surface area contributed by atoms with Crippen molar-refractivity contribution in [3.63, 3.8) is 0 Å². The SMILES string of the molecule is COc1cc(C=NNC(=O)CC(=O)Nc2ccccc2F)ccc1O. The van der Waals surface area contributed by atoms with E-state index in [1.54, 1.807) is 12.1 Å². The highest BCUT2D eigenvalue weighted by Crippen LogP contribution is 2.25. The largest absolute Gasteiger partial charge is 0.504 e. The molecule has 8 heteroatoms. The van der Waals surface area contributed by atoms with Crippen LogP contribution in [-0.4, -0.2) is 30.2 Å². The molecule has 0 aliphatic carbocycles. The third-order valence-corrected chi connectivity index (χ3v) is 3.08. The molecule has 0 heterocycles. The molecule has 3 N–H and O–H groups in total. The number of carbonyl (C=O) groups excluding carboxylic acids is 2. The summed E-state index contributed by atoms with van der Waals surface area (Å²) in [6.07, 6.45) is 0.819. The fourth-order valence-corrected chi connectivity index (χ4v) is 1.90. The van der Waals surface area contributed by atoms with Gasteiger partial charge in [-0.25, -0.2) is 9.82 Å². The van der Waals surface area contributed by atoms with E-state index >= 15 is 0 Å². The average Bonchev–Trinajstić information content (AvgIpc) is 2.58. The van der Waals surface area contributed by atoms with Gasteiger partial charge in [-0.05, 0) is 35.9 Å². The van der Waals surface area contributed by atoms with Crippen molar-refractivity contribution in [1.82, 2.24) is 5.43 Å². The van der Waals surface area contributed by atoms with Crippen LogP contribution in [0.15, 0.2) is 47.6 Å². The molecule has 2 aromatic carbocycles. The Morgan fingerprint density at radius 1 is 1.24 bits per heavy atom. The number of rotatable bonds is 6. The summed E-state index contributed by atoms with van der Waals surface area (Å²) < 4.78 is 18.4. The van der Waals surface area contributed by atoms with E-state index in [1.165, 1.54) is 43.7 Å². The van der Waals surface area contributed by atoms with E-state index in [4.69, 9.17) is 4.74 Å². The molecule has 0 aromatic heterocycles. The van der Waals surface area contributed by atoms with E-state index in [2.05, 4.69) is 15.8 Å². The summed E-state index contributed by atoms with van der Waals surface area (Å²) in [7, 11) is 1.41. The predicted molar refractivity (Wildman–Crippen MR) is 90.0 cm³/mol. The third kappa shape index (κ3) is 5.31.